The third-order valence-electron chi connectivity index (χ3n) is 9.83. The van der Waals surface area contributed by atoms with Crippen LogP contribution in [0.4, 0.5) is 58.3 Å². The van der Waals surface area contributed by atoms with Crippen molar-refractivity contribution in [2.24, 2.45) is 28.7 Å². The van der Waals surface area contributed by atoms with Crippen LogP contribution in [0.25, 0.3) is 0 Å². The Labute approximate surface area is 517 Å². The number of ether oxygens (including phenoxy) is 3. The summed E-state index contributed by atoms with van der Waals surface area (Å²) in [6.45, 7) is 15.2. The highest BCUT2D eigenvalue weighted by Crippen LogP contribution is 2.52. The first-order chi connectivity index (χ1) is 37.5. The zero-order chi connectivity index (χ0) is 65.9. The third-order valence-corrected chi connectivity index (χ3v) is 11.6. The maximum absolute atomic E-state index is 13.2. The summed E-state index contributed by atoms with van der Waals surface area (Å²) in [4.78, 5) is 95.0. The molecule has 0 unspecified atom stereocenters. The highest BCUT2D eigenvalue weighted by molar-refractivity contribution is 7.09. The first kappa shape index (κ1) is 97.8. The molecule has 0 atom stereocenters. The van der Waals surface area contributed by atoms with Crippen molar-refractivity contribution in [2.75, 3.05) is 7.11 Å². The van der Waals surface area contributed by atoms with E-state index in [1.807, 2.05) is 0 Å². The van der Waals surface area contributed by atoms with E-state index in [1.54, 1.807) is 62.3 Å². The molecule has 40 heteroatoms. The van der Waals surface area contributed by atoms with Gasteiger partial charge in [0.2, 0.25) is 18.7 Å². The van der Waals surface area contributed by atoms with Gasteiger partial charge >= 0.3 is 30.6 Å². The average molecular weight is 1360 g/mol. The molecule has 17 N–H and O–H groups in total. The molecule has 0 saturated heterocycles. The van der Waals surface area contributed by atoms with Crippen LogP contribution >= 0.6 is 35.1 Å². The molecule has 2 aromatic heterocycles. The Morgan fingerprint density at radius 3 is 1.12 bits per heavy atom. The molecule has 0 bridgehead atoms. The van der Waals surface area contributed by atoms with E-state index in [-0.39, 0.29) is 111 Å². The van der Waals surface area contributed by atoms with Gasteiger partial charge in [0.05, 0.1) is 5.54 Å². The SMILES string of the molecule is C.C.C.CC(C)(C)OC(=O)NC1(C(N)=O)CC(F)(F)C1.CC(C)(C)OC(=O)NC1(c2nncs2)CC(F)(F)C1.CC(C)(C)OC(=O)NC1CC(F)(F)C1.CO.Cl.N.NC1(c2nncs2)CC(F)(F)C1.NC1CC(F)(F)C1.NC=O.NC=O.O=C=O.O=C=O. The Balaban J connectivity index is -0.000000144. The molecule has 2 heterocycles. The van der Waals surface area contributed by atoms with Crippen molar-refractivity contribution in [1.29, 1.82) is 0 Å². The van der Waals surface area contributed by atoms with E-state index in [1.165, 1.54) is 22.4 Å². The largest absolute Gasteiger partial charge is 0.444 e. The molecule has 2 aromatic rings. The van der Waals surface area contributed by atoms with E-state index < -0.39 is 119 Å². The normalized spacial score (nSPS) is 18.2. The molecule has 0 aliphatic heterocycles. The smallest absolute Gasteiger partial charge is 0.408 e. The van der Waals surface area contributed by atoms with Crippen LogP contribution in [-0.2, 0) is 58.9 Å². The molecule has 5 aliphatic carbocycles. The summed E-state index contributed by atoms with van der Waals surface area (Å²) >= 11 is 2.37. The van der Waals surface area contributed by atoms with Crippen LogP contribution in [0.2, 0.25) is 0 Å². The number of primary amides is 3. The van der Waals surface area contributed by atoms with Crippen molar-refractivity contribution in [1.82, 2.24) is 42.5 Å². The number of hydrogen-bond donors (Lipinski definition) is 10. The average Bonchev–Trinajstić information content (AvgIpc) is 3.98. The molecule has 7 rings (SSSR count). The van der Waals surface area contributed by atoms with Gasteiger partial charge in [-0.3, -0.25) is 14.4 Å². The number of alkyl carbamates (subject to hydrolysis) is 3. The van der Waals surface area contributed by atoms with Crippen LogP contribution in [0.15, 0.2) is 11.0 Å². The minimum absolute atomic E-state index is 0. The molecule has 88 heavy (non-hydrogen) atoms. The Morgan fingerprint density at radius 2 is 0.886 bits per heavy atom. The van der Waals surface area contributed by atoms with Crippen LogP contribution < -0.4 is 50.8 Å². The van der Waals surface area contributed by atoms with Gasteiger partial charge in [0.1, 0.15) is 48.9 Å². The minimum atomic E-state index is -2.97. The molecular weight excluding hydrogens is 1270 g/mol. The number of carbonyl (C=O) groups is 6. The van der Waals surface area contributed by atoms with Gasteiger partial charge in [-0.25, -0.2) is 58.3 Å². The topological polar surface area (TPSA) is 471 Å². The zero-order valence-electron chi connectivity index (χ0n) is 47.7. The van der Waals surface area contributed by atoms with Crippen molar-refractivity contribution in [3.8, 4) is 0 Å². The Kier molecular flexibility index (Phi) is 45.5. The molecule has 5 fully saturated rings. The number of nitrogens with one attached hydrogen (secondary N) is 3. The fraction of sp³-hybridized carbons (Fsp3) is 0.750. The van der Waals surface area contributed by atoms with Gasteiger partial charge in [-0.05, 0) is 62.3 Å². The Hall–Kier alpha value is -6.47. The lowest BCUT2D eigenvalue weighted by Crippen LogP contribution is -2.69. The molecule has 0 spiro atoms. The van der Waals surface area contributed by atoms with E-state index in [4.69, 9.17) is 65.3 Å². The lowest BCUT2D eigenvalue weighted by atomic mass is 9.73. The molecule has 516 valence electrons. The Bertz CT molecular complexity index is 2340. The van der Waals surface area contributed by atoms with E-state index in [2.05, 4.69) is 47.8 Å². The van der Waals surface area contributed by atoms with Crippen LogP contribution in [0.1, 0.15) is 159 Å². The monoisotopic (exact) mass is 1360 g/mol. The lowest BCUT2D eigenvalue weighted by Gasteiger charge is -2.45. The number of aliphatic hydroxyl groups is 1. The molecule has 5 aliphatic rings. The quantitative estimate of drug-likeness (QED) is 0.0778. The van der Waals surface area contributed by atoms with E-state index in [0.29, 0.717) is 10.0 Å². The van der Waals surface area contributed by atoms with Crippen molar-refractivity contribution in [2.45, 2.75) is 224 Å². The number of nitrogens with two attached hydrogens (primary N) is 5. The summed E-state index contributed by atoms with van der Waals surface area (Å²) < 4.78 is 140. The predicted octanol–water partition coefficient (Wildman–Crippen LogP) is 7.16. The summed E-state index contributed by atoms with van der Waals surface area (Å²) in [7, 11) is 1.00. The fourth-order valence-electron chi connectivity index (χ4n) is 7.02. The second-order valence-electron chi connectivity index (χ2n) is 21.1. The number of alkyl halides is 10. The summed E-state index contributed by atoms with van der Waals surface area (Å²) in [6, 6.07) is -0.685. The van der Waals surface area contributed by atoms with E-state index >= 15 is 0 Å². The molecule has 6 amide bonds. The number of amides is 6. The van der Waals surface area contributed by atoms with Crippen LogP contribution in [0.5, 0.6) is 0 Å². The number of aliphatic hydroxyl groups excluding tert-OH is 1. The molecule has 5 saturated carbocycles. The summed E-state index contributed by atoms with van der Waals surface area (Å²) in [6.07, 6.45) is -5.22. The van der Waals surface area contributed by atoms with Crippen molar-refractivity contribution in [3.05, 3.63) is 21.0 Å². The fourth-order valence-corrected chi connectivity index (χ4v) is 8.39. The zero-order valence-corrected chi connectivity index (χ0v) is 50.1. The minimum Gasteiger partial charge on any atom is -0.444 e. The Morgan fingerprint density at radius 1 is 0.591 bits per heavy atom. The second-order valence-corrected chi connectivity index (χ2v) is 22.8. The highest BCUT2D eigenvalue weighted by Gasteiger charge is 2.62. The van der Waals surface area contributed by atoms with Crippen molar-refractivity contribution >= 4 is 84.4 Å². The standard InChI is InChI=1S/C11H15F2N3O2S.C10H16F2N2O3.C9H15F2NO2.C6H7F2N3S.C4H7F2N.2CH3NO.2CO2.CH4O.3CH4.ClH.H3N/c1-9(2,3)18-8(17)15-10(4-11(12,13)5-10)7-16-14-6-19-7;1-8(2,3)17-7(16)14-9(6(13)15)4-10(11,12)5-9;1-8(2,3)14-7(13)12-6-4-9(10,11)5-6;7-6(8)1-5(9,2-6)4-11-10-3-12-4;5-4(6)1-3(7)2-4;4*2-1-3;1-2;;;;;/h6H,4-5H2,1-3H3,(H,15,17);4-5H2,1-3H3,(H2,13,15)(H,14,16);6H,4-5H2,1-3H3,(H,12,13);3H,1-2,9H2;3H,1-2,7H2;2*1H,(H2,2,3);;;2H,1H3;3*1H4;1H;1H3. The number of aromatic nitrogens is 4. The predicted molar refractivity (Wildman–Crippen MR) is 301 cm³/mol. The van der Waals surface area contributed by atoms with Crippen molar-refractivity contribution in [3.63, 3.8) is 0 Å². The summed E-state index contributed by atoms with van der Waals surface area (Å²) in [5.41, 5.74) is 21.2. The number of rotatable bonds is 6. The van der Waals surface area contributed by atoms with Gasteiger partial charge < -0.3 is 70.1 Å². The van der Waals surface area contributed by atoms with Gasteiger partial charge in [-0.15, -0.1) is 55.5 Å². The summed E-state index contributed by atoms with van der Waals surface area (Å²) in [5, 5.41) is 29.6. The molecule has 0 radical (unpaired) electrons. The maximum Gasteiger partial charge on any atom is 0.408 e. The van der Waals surface area contributed by atoms with Gasteiger partial charge in [-0.2, -0.15) is 19.2 Å². The first-order valence-corrected chi connectivity index (χ1v) is 25.3. The number of nitrogens with zero attached hydrogens (tertiary/aromatic N) is 4. The van der Waals surface area contributed by atoms with Gasteiger partial charge in [0.25, 0.3) is 29.6 Å². The highest BCUT2D eigenvalue weighted by atomic mass is 35.5. The van der Waals surface area contributed by atoms with E-state index in [9.17, 15) is 63.1 Å². The lowest BCUT2D eigenvalue weighted by molar-refractivity contribution is -0.193. The van der Waals surface area contributed by atoms with Crippen molar-refractivity contribution < 1.29 is 111 Å². The molecule has 0 aromatic carbocycles. The number of hydrogen-bond acceptors (Lipinski definition) is 23. The molecule has 27 nitrogen and oxygen atoms in total. The first-order valence-electron chi connectivity index (χ1n) is 23.6. The van der Waals surface area contributed by atoms with Gasteiger partial charge in [0, 0.05) is 83.4 Å². The van der Waals surface area contributed by atoms with Crippen LogP contribution in [0, 0.1) is 0 Å². The molecular formula is C48H86ClF10N13O14S2. The summed E-state index contributed by atoms with van der Waals surface area (Å²) in [5.74, 6) is -14.4. The van der Waals surface area contributed by atoms with Gasteiger partial charge in [0.15, 0.2) is 0 Å². The number of halogens is 11. The van der Waals surface area contributed by atoms with Crippen LogP contribution in [-0.4, -0.2) is 146 Å². The van der Waals surface area contributed by atoms with E-state index in [0.717, 1.165) is 18.4 Å². The van der Waals surface area contributed by atoms with Crippen LogP contribution in [0.3, 0.4) is 0 Å². The maximum atomic E-state index is 13.2. The third kappa shape index (κ3) is 40.1. The van der Waals surface area contributed by atoms with Gasteiger partial charge in [-0.1, -0.05) is 22.3 Å². The number of carbonyl (C=O) groups excluding carboxylic acids is 10. The second kappa shape index (κ2) is 40.9.